The first-order valence-electron chi connectivity index (χ1n) is 8.39. The zero-order valence-electron chi connectivity index (χ0n) is 15.1. The van der Waals surface area contributed by atoms with Crippen molar-refractivity contribution in [3.05, 3.63) is 60.7 Å². The second-order valence-electron chi connectivity index (χ2n) is 5.98. The quantitative estimate of drug-likeness (QED) is 0.696. The number of amides is 1. The van der Waals surface area contributed by atoms with Crippen molar-refractivity contribution in [2.45, 2.75) is 13.0 Å². The summed E-state index contributed by atoms with van der Waals surface area (Å²) in [6.45, 7) is 1.81. The van der Waals surface area contributed by atoms with E-state index in [-0.39, 0.29) is 5.91 Å². The van der Waals surface area contributed by atoms with Crippen molar-refractivity contribution in [1.82, 2.24) is 0 Å². The van der Waals surface area contributed by atoms with Crippen LogP contribution >= 0.6 is 0 Å². The van der Waals surface area contributed by atoms with Gasteiger partial charge in [-0.15, -0.1) is 0 Å². The summed E-state index contributed by atoms with van der Waals surface area (Å²) in [6, 6.07) is 18.9. The van der Waals surface area contributed by atoms with Gasteiger partial charge >= 0.3 is 0 Å². The molecule has 0 aromatic heterocycles. The van der Waals surface area contributed by atoms with Crippen LogP contribution in [0.2, 0.25) is 0 Å². The molecule has 0 aliphatic carbocycles. The van der Waals surface area contributed by atoms with E-state index in [2.05, 4.69) is 10.6 Å². The van der Waals surface area contributed by atoms with Gasteiger partial charge in [0.2, 0.25) is 5.91 Å². The summed E-state index contributed by atoms with van der Waals surface area (Å²) in [4.78, 5) is 12.5. The third-order valence-electron chi connectivity index (χ3n) is 4.19. The van der Waals surface area contributed by atoms with Crippen LogP contribution in [0.3, 0.4) is 0 Å². The van der Waals surface area contributed by atoms with Crippen molar-refractivity contribution in [2.75, 3.05) is 24.9 Å². The molecule has 0 aliphatic rings. The molecule has 0 radical (unpaired) electrons. The Balaban J connectivity index is 1.71. The molecule has 0 spiro atoms. The van der Waals surface area contributed by atoms with Crippen LogP contribution < -0.4 is 20.1 Å². The molecule has 5 heteroatoms. The number of hydrogen-bond acceptors (Lipinski definition) is 4. The largest absolute Gasteiger partial charge is 0.497 e. The van der Waals surface area contributed by atoms with Gasteiger partial charge < -0.3 is 20.1 Å². The maximum absolute atomic E-state index is 12.5. The van der Waals surface area contributed by atoms with Gasteiger partial charge in [-0.05, 0) is 42.0 Å². The monoisotopic (exact) mass is 350 g/mol. The zero-order chi connectivity index (χ0) is 18.5. The second-order valence-corrected chi connectivity index (χ2v) is 5.98. The van der Waals surface area contributed by atoms with E-state index in [9.17, 15) is 4.79 Å². The van der Waals surface area contributed by atoms with Crippen molar-refractivity contribution >= 4 is 28.1 Å². The van der Waals surface area contributed by atoms with E-state index in [1.54, 1.807) is 27.2 Å². The number of hydrogen-bond donors (Lipinski definition) is 2. The molecule has 5 nitrogen and oxygen atoms in total. The minimum atomic E-state index is -0.441. The van der Waals surface area contributed by atoms with Gasteiger partial charge in [0.05, 0.1) is 19.9 Å². The number of anilines is 2. The molecule has 0 heterocycles. The van der Waals surface area contributed by atoms with Crippen LogP contribution in [-0.2, 0) is 4.79 Å². The Hall–Kier alpha value is -3.21. The molecule has 134 valence electrons. The van der Waals surface area contributed by atoms with Gasteiger partial charge in [0.1, 0.15) is 17.5 Å². The third kappa shape index (κ3) is 3.88. The maximum Gasteiger partial charge on any atom is 0.246 e. The van der Waals surface area contributed by atoms with Crippen LogP contribution in [0.25, 0.3) is 10.8 Å². The SMILES string of the molecule is COc1ccc(N[C@@H](C)C(=O)Nc2ccc3ccccc3c2)c(OC)c1. The van der Waals surface area contributed by atoms with Crippen molar-refractivity contribution in [3.63, 3.8) is 0 Å². The summed E-state index contributed by atoms with van der Waals surface area (Å²) in [5.74, 6) is 1.19. The number of fused-ring (bicyclic) bond motifs is 1. The van der Waals surface area contributed by atoms with E-state index in [0.717, 1.165) is 22.1 Å². The van der Waals surface area contributed by atoms with Crippen LogP contribution in [0.15, 0.2) is 60.7 Å². The van der Waals surface area contributed by atoms with Crippen LogP contribution in [0.1, 0.15) is 6.92 Å². The molecule has 3 aromatic rings. The number of benzene rings is 3. The average molecular weight is 350 g/mol. The zero-order valence-corrected chi connectivity index (χ0v) is 15.1. The fourth-order valence-electron chi connectivity index (χ4n) is 2.73. The molecule has 0 saturated heterocycles. The van der Waals surface area contributed by atoms with E-state index < -0.39 is 6.04 Å². The molecule has 2 N–H and O–H groups in total. The molecule has 1 atom stereocenters. The molecule has 3 aromatic carbocycles. The minimum Gasteiger partial charge on any atom is -0.497 e. The topological polar surface area (TPSA) is 59.6 Å². The maximum atomic E-state index is 12.5. The van der Waals surface area contributed by atoms with Gasteiger partial charge in [0.15, 0.2) is 0 Å². The highest BCUT2D eigenvalue weighted by molar-refractivity contribution is 5.98. The van der Waals surface area contributed by atoms with Crippen molar-refractivity contribution < 1.29 is 14.3 Å². The van der Waals surface area contributed by atoms with Crippen molar-refractivity contribution in [1.29, 1.82) is 0 Å². The fraction of sp³-hybridized carbons (Fsp3) is 0.190. The molecule has 3 rings (SSSR count). The number of carbonyl (C=O) groups excluding carboxylic acids is 1. The second kappa shape index (κ2) is 7.78. The summed E-state index contributed by atoms with van der Waals surface area (Å²) >= 11 is 0. The number of carbonyl (C=O) groups is 1. The molecule has 1 amide bonds. The van der Waals surface area contributed by atoms with Gasteiger partial charge in [-0.25, -0.2) is 0 Å². The van der Waals surface area contributed by atoms with Crippen LogP contribution in [0.4, 0.5) is 11.4 Å². The van der Waals surface area contributed by atoms with E-state index in [1.165, 1.54) is 0 Å². The number of nitrogens with one attached hydrogen (secondary N) is 2. The Kier molecular flexibility index (Phi) is 5.27. The lowest BCUT2D eigenvalue weighted by molar-refractivity contribution is -0.116. The van der Waals surface area contributed by atoms with Crippen LogP contribution in [0.5, 0.6) is 11.5 Å². The first-order valence-corrected chi connectivity index (χ1v) is 8.39. The predicted octanol–water partition coefficient (Wildman–Crippen LogP) is 4.30. The highest BCUT2D eigenvalue weighted by atomic mass is 16.5. The summed E-state index contributed by atoms with van der Waals surface area (Å²) in [7, 11) is 3.18. The Morgan fingerprint density at radius 3 is 2.42 bits per heavy atom. The summed E-state index contributed by atoms with van der Waals surface area (Å²) in [5, 5.41) is 8.35. The van der Waals surface area contributed by atoms with Crippen LogP contribution in [-0.4, -0.2) is 26.2 Å². The lowest BCUT2D eigenvalue weighted by Crippen LogP contribution is -2.32. The molecular weight excluding hydrogens is 328 g/mol. The smallest absolute Gasteiger partial charge is 0.246 e. The summed E-state index contributed by atoms with van der Waals surface area (Å²) < 4.78 is 10.6. The van der Waals surface area contributed by atoms with E-state index in [1.807, 2.05) is 54.6 Å². The Labute approximate surface area is 152 Å². The fourth-order valence-corrected chi connectivity index (χ4v) is 2.73. The van der Waals surface area contributed by atoms with Gasteiger partial charge in [0, 0.05) is 11.8 Å². The summed E-state index contributed by atoms with van der Waals surface area (Å²) in [6.07, 6.45) is 0. The Morgan fingerprint density at radius 1 is 0.923 bits per heavy atom. The molecule has 0 saturated carbocycles. The summed E-state index contributed by atoms with van der Waals surface area (Å²) in [5.41, 5.74) is 1.50. The van der Waals surface area contributed by atoms with Crippen LogP contribution in [0, 0.1) is 0 Å². The number of methoxy groups -OCH3 is 2. The van der Waals surface area contributed by atoms with Crippen molar-refractivity contribution in [2.24, 2.45) is 0 Å². The highest BCUT2D eigenvalue weighted by Crippen LogP contribution is 2.29. The first kappa shape index (κ1) is 17.6. The normalized spacial score (nSPS) is 11.7. The van der Waals surface area contributed by atoms with Gasteiger partial charge in [-0.3, -0.25) is 4.79 Å². The predicted molar refractivity (Wildman–Crippen MR) is 105 cm³/mol. The van der Waals surface area contributed by atoms with E-state index in [0.29, 0.717) is 11.5 Å². The van der Waals surface area contributed by atoms with Gasteiger partial charge in [-0.2, -0.15) is 0 Å². The molecular formula is C21H22N2O3. The molecule has 26 heavy (non-hydrogen) atoms. The highest BCUT2D eigenvalue weighted by Gasteiger charge is 2.15. The van der Waals surface area contributed by atoms with E-state index in [4.69, 9.17) is 9.47 Å². The molecule has 0 unspecified atom stereocenters. The molecule has 0 aliphatic heterocycles. The molecule has 0 bridgehead atoms. The average Bonchev–Trinajstić information content (AvgIpc) is 2.68. The molecule has 0 fully saturated rings. The lowest BCUT2D eigenvalue weighted by Gasteiger charge is -2.18. The number of ether oxygens (including phenoxy) is 2. The Bertz CT molecular complexity index is 924. The van der Waals surface area contributed by atoms with Gasteiger partial charge in [-0.1, -0.05) is 30.3 Å². The standard InChI is InChI=1S/C21H22N2O3/c1-14(22-19-11-10-18(25-2)13-20(19)26-3)21(24)23-17-9-8-15-6-4-5-7-16(15)12-17/h4-14,22H,1-3H3,(H,23,24)/t14-/m0/s1. The Morgan fingerprint density at radius 2 is 1.69 bits per heavy atom. The van der Waals surface area contributed by atoms with Gasteiger partial charge in [0.25, 0.3) is 0 Å². The first-order chi connectivity index (χ1) is 12.6. The van der Waals surface area contributed by atoms with E-state index >= 15 is 0 Å². The van der Waals surface area contributed by atoms with Crippen molar-refractivity contribution in [3.8, 4) is 11.5 Å². The minimum absolute atomic E-state index is 0.127. The number of rotatable bonds is 6. The third-order valence-corrected chi connectivity index (χ3v) is 4.19. The lowest BCUT2D eigenvalue weighted by atomic mass is 10.1.